The number of benzene rings is 1. The number of H-pyrrole nitrogens is 1. The van der Waals surface area contributed by atoms with Crippen molar-refractivity contribution in [3.63, 3.8) is 0 Å². The number of para-hydroxylation sites is 2. The molecular weight excluding hydrogens is 236 g/mol. The van der Waals surface area contributed by atoms with E-state index in [2.05, 4.69) is 43.6 Å². The summed E-state index contributed by atoms with van der Waals surface area (Å²) in [5, 5.41) is 0. The van der Waals surface area contributed by atoms with Crippen molar-refractivity contribution < 1.29 is 4.57 Å². The Bertz CT molecular complexity index is 583. The second kappa shape index (κ2) is 4.53. The van der Waals surface area contributed by atoms with Gasteiger partial charge < -0.3 is 4.90 Å². The van der Waals surface area contributed by atoms with Gasteiger partial charge in [-0.2, -0.15) is 0 Å². The van der Waals surface area contributed by atoms with Crippen LogP contribution in [-0.4, -0.2) is 42.6 Å². The lowest BCUT2D eigenvalue weighted by molar-refractivity contribution is -0.644. The van der Waals surface area contributed by atoms with Crippen LogP contribution in [0.2, 0.25) is 0 Å². The highest BCUT2D eigenvalue weighted by Crippen LogP contribution is 2.19. The number of likely N-dealkylation sites (tertiary alicyclic amines) is 1. The molecule has 1 saturated heterocycles. The Kier molecular flexibility index (Phi) is 2.69. The zero-order chi connectivity index (χ0) is 12.7. The first-order valence-corrected chi connectivity index (χ1v) is 7.40. The first kappa shape index (κ1) is 11.3. The van der Waals surface area contributed by atoms with E-state index in [1.807, 2.05) is 0 Å². The highest BCUT2D eigenvalue weighted by atomic mass is 15.4. The number of aromatic nitrogens is 2. The Morgan fingerprint density at radius 2 is 1.89 bits per heavy atom. The molecule has 100 valence electrons. The molecule has 4 rings (SSSR count). The third-order valence-electron chi connectivity index (χ3n) is 4.47. The molecule has 4 nitrogen and oxygen atoms in total. The predicted octanol–water partition coefficient (Wildman–Crippen LogP) is 1.37. The van der Waals surface area contributed by atoms with Gasteiger partial charge in [-0.05, 0) is 38.1 Å². The molecule has 0 aliphatic carbocycles. The van der Waals surface area contributed by atoms with Crippen LogP contribution in [-0.2, 0) is 6.54 Å². The Morgan fingerprint density at radius 3 is 2.79 bits per heavy atom. The van der Waals surface area contributed by atoms with Crippen LogP contribution in [0, 0.1) is 0 Å². The average molecular weight is 257 g/mol. The van der Waals surface area contributed by atoms with Gasteiger partial charge in [0.25, 0.3) is 0 Å². The second-order valence-corrected chi connectivity index (χ2v) is 5.65. The van der Waals surface area contributed by atoms with Crippen molar-refractivity contribution in [2.45, 2.75) is 19.4 Å². The average Bonchev–Trinajstić information content (AvgIpc) is 3.13. The number of rotatable bonds is 3. The van der Waals surface area contributed by atoms with Gasteiger partial charge in [0, 0.05) is 6.54 Å². The summed E-state index contributed by atoms with van der Waals surface area (Å²) in [6, 6.07) is 8.60. The molecule has 4 heteroatoms. The van der Waals surface area contributed by atoms with Crippen LogP contribution in [0.1, 0.15) is 12.8 Å². The Hall–Kier alpha value is -1.55. The lowest BCUT2D eigenvalue weighted by Gasteiger charge is -2.17. The normalized spacial score (nSPS) is 19.5. The molecule has 0 radical (unpaired) electrons. The van der Waals surface area contributed by atoms with E-state index in [4.69, 9.17) is 0 Å². The van der Waals surface area contributed by atoms with Crippen molar-refractivity contribution in [2.75, 3.05) is 37.6 Å². The van der Waals surface area contributed by atoms with Gasteiger partial charge in [0.2, 0.25) is 0 Å². The van der Waals surface area contributed by atoms with Crippen molar-refractivity contribution in [3.05, 3.63) is 24.3 Å². The summed E-state index contributed by atoms with van der Waals surface area (Å²) in [4.78, 5) is 8.66. The highest BCUT2D eigenvalue weighted by Gasteiger charge is 2.30. The SMILES string of the molecule is c1ccc2c(c1)[nH]c1[n+]2CCN1CCN1CCCC1. The van der Waals surface area contributed by atoms with Gasteiger partial charge in [-0.25, -0.2) is 9.55 Å². The van der Waals surface area contributed by atoms with Gasteiger partial charge in [0.1, 0.15) is 17.6 Å². The number of nitrogens with one attached hydrogen (secondary N) is 1. The molecule has 19 heavy (non-hydrogen) atoms. The number of aromatic amines is 1. The number of hydrogen-bond acceptors (Lipinski definition) is 2. The fourth-order valence-corrected chi connectivity index (χ4v) is 3.41. The van der Waals surface area contributed by atoms with Crippen LogP contribution < -0.4 is 9.47 Å². The Morgan fingerprint density at radius 1 is 1.05 bits per heavy atom. The topological polar surface area (TPSA) is 26.1 Å². The zero-order valence-corrected chi connectivity index (χ0v) is 11.3. The number of fused-ring (bicyclic) bond motifs is 3. The Balaban J connectivity index is 1.54. The minimum Gasteiger partial charge on any atom is -0.300 e. The maximum absolute atomic E-state index is 3.57. The molecule has 0 saturated carbocycles. The quantitative estimate of drug-likeness (QED) is 0.841. The van der Waals surface area contributed by atoms with E-state index in [-0.39, 0.29) is 0 Å². The van der Waals surface area contributed by atoms with Gasteiger partial charge in [-0.1, -0.05) is 12.1 Å². The van der Waals surface area contributed by atoms with E-state index in [0.29, 0.717) is 0 Å². The van der Waals surface area contributed by atoms with Gasteiger partial charge >= 0.3 is 5.95 Å². The lowest BCUT2D eigenvalue weighted by Crippen LogP contribution is -2.33. The second-order valence-electron chi connectivity index (χ2n) is 5.65. The first-order chi connectivity index (χ1) is 9.42. The zero-order valence-electron chi connectivity index (χ0n) is 11.3. The number of hydrogen-bond donors (Lipinski definition) is 1. The van der Waals surface area contributed by atoms with E-state index in [0.717, 1.165) is 19.6 Å². The van der Waals surface area contributed by atoms with E-state index < -0.39 is 0 Å². The standard InChI is InChI=1S/C15H20N4/c1-2-6-14-13(5-1)16-15-18(11-12-19(14)15)10-9-17-7-3-4-8-17/h1-2,5-6H,3-4,7-12H2/p+1. The minimum absolute atomic E-state index is 1.11. The van der Waals surface area contributed by atoms with Crippen LogP contribution in [0.3, 0.4) is 0 Å². The molecule has 3 heterocycles. The van der Waals surface area contributed by atoms with E-state index in [1.165, 1.54) is 49.5 Å². The fraction of sp³-hybridized carbons (Fsp3) is 0.533. The molecule has 0 spiro atoms. The van der Waals surface area contributed by atoms with Gasteiger partial charge in [-0.15, -0.1) is 0 Å². The molecule has 1 aromatic carbocycles. The van der Waals surface area contributed by atoms with Crippen molar-refractivity contribution in [1.82, 2.24) is 9.88 Å². The van der Waals surface area contributed by atoms with Crippen LogP contribution in [0.15, 0.2) is 24.3 Å². The summed E-state index contributed by atoms with van der Waals surface area (Å²) in [5.41, 5.74) is 2.59. The molecule has 2 aliphatic heterocycles. The van der Waals surface area contributed by atoms with Crippen LogP contribution >= 0.6 is 0 Å². The number of nitrogens with zero attached hydrogens (tertiary/aromatic N) is 3. The van der Waals surface area contributed by atoms with E-state index >= 15 is 0 Å². The molecule has 1 N–H and O–H groups in total. The van der Waals surface area contributed by atoms with Crippen molar-refractivity contribution in [2.24, 2.45) is 0 Å². The predicted molar refractivity (Wildman–Crippen MR) is 76.4 cm³/mol. The largest absolute Gasteiger partial charge is 0.358 e. The maximum atomic E-state index is 3.57. The monoisotopic (exact) mass is 257 g/mol. The first-order valence-electron chi connectivity index (χ1n) is 7.40. The van der Waals surface area contributed by atoms with Crippen molar-refractivity contribution in [3.8, 4) is 0 Å². The molecular formula is C15H21N4+. The summed E-state index contributed by atoms with van der Waals surface area (Å²) >= 11 is 0. The molecule has 0 atom stereocenters. The summed E-state index contributed by atoms with van der Waals surface area (Å²) in [6.07, 6.45) is 2.76. The Labute approximate surface area is 113 Å². The van der Waals surface area contributed by atoms with Crippen LogP contribution in [0.5, 0.6) is 0 Å². The summed E-state index contributed by atoms with van der Waals surface area (Å²) < 4.78 is 2.42. The molecule has 0 bridgehead atoms. The number of imidazole rings is 1. The summed E-state index contributed by atoms with van der Waals surface area (Å²) in [6.45, 7) is 7.19. The molecule has 1 fully saturated rings. The molecule has 0 amide bonds. The molecule has 0 unspecified atom stereocenters. The van der Waals surface area contributed by atoms with E-state index in [1.54, 1.807) is 0 Å². The van der Waals surface area contributed by atoms with Crippen LogP contribution in [0.4, 0.5) is 5.95 Å². The number of anilines is 1. The minimum atomic E-state index is 1.11. The van der Waals surface area contributed by atoms with Crippen molar-refractivity contribution >= 4 is 17.0 Å². The third kappa shape index (κ3) is 1.91. The maximum Gasteiger partial charge on any atom is 0.358 e. The van der Waals surface area contributed by atoms with Gasteiger partial charge in [0.15, 0.2) is 0 Å². The summed E-state index contributed by atoms with van der Waals surface area (Å²) in [7, 11) is 0. The van der Waals surface area contributed by atoms with E-state index in [9.17, 15) is 0 Å². The molecule has 1 aromatic heterocycles. The molecule has 2 aromatic rings. The summed E-state index contributed by atoms with van der Waals surface area (Å²) in [5.74, 6) is 1.29. The highest BCUT2D eigenvalue weighted by molar-refractivity contribution is 5.73. The van der Waals surface area contributed by atoms with Gasteiger partial charge in [0.05, 0.1) is 13.1 Å². The van der Waals surface area contributed by atoms with Crippen molar-refractivity contribution in [1.29, 1.82) is 0 Å². The smallest absolute Gasteiger partial charge is 0.300 e. The van der Waals surface area contributed by atoms with Crippen LogP contribution in [0.25, 0.3) is 11.0 Å². The molecule has 2 aliphatic rings. The fourth-order valence-electron chi connectivity index (χ4n) is 3.41. The van der Waals surface area contributed by atoms with Gasteiger partial charge in [-0.3, -0.25) is 4.90 Å². The lowest BCUT2D eigenvalue weighted by atomic mass is 10.3. The third-order valence-corrected chi connectivity index (χ3v) is 4.47.